The van der Waals surface area contributed by atoms with Crippen LogP contribution in [-0.2, 0) is 12.8 Å². The number of ether oxygens (including phenoxy) is 1. The van der Waals surface area contributed by atoms with Gasteiger partial charge in [-0.1, -0.05) is 48.9 Å². The minimum absolute atomic E-state index is 0.0822. The Balaban J connectivity index is 1.39. The lowest BCUT2D eigenvalue weighted by atomic mass is 10.0. The van der Waals surface area contributed by atoms with Gasteiger partial charge in [0, 0.05) is 24.9 Å². The summed E-state index contributed by atoms with van der Waals surface area (Å²) in [4.78, 5) is 24.2. The van der Waals surface area contributed by atoms with Gasteiger partial charge in [-0.05, 0) is 62.0 Å². The Bertz CT molecular complexity index is 1140. The zero-order valence-electron chi connectivity index (χ0n) is 19.3. The first-order valence-corrected chi connectivity index (χ1v) is 12.1. The molecule has 1 aliphatic heterocycles. The molecule has 5 rings (SSSR count). The zero-order valence-corrected chi connectivity index (χ0v) is 19.3. The van der Waals surface area contributed by atoms with Crippen LogP contribution in [0.25, 0.3) is 11.1 Å². The van der Waals surface area contributed by atoms with Crippen LogP contribution in [-0.4, -0.2) is 46.9 Å². The van der Waals surface area contributed by atoms with Gasteiger partial charge < -0.3 is 9.64 Å². The molecule has 0 amide bonds. The van der Waals surface area contributed by atoms with Gasteiger partial charge in [-0.3, -0.25) is 4.79 Å². The van der Waals surface area contributed by atoms with Gasteiger partial charge in [0.15, 0.2) is 5.78 Å². The number of piperidine rings is 1. The number of fused-ring (bicyclic) bond motifs is 3. The molecule has 1 aromatic heterocycles. The Hall–Kier alpha value is -3.05. The van der Waals surface area contributed by atoms with Gasteiger partial charge in [-0.25, -0.2) is 4.98 Å². The fourth-order valence-electron chi connectivity index (χ4n) is 4.92. The number of aromatic nitrogens is 2. The molecular weight excluding hydrogens is 410 g/mol. The highest BCUT2D eigenvalue weighted by Gasteiger charge is 2.27. The largest absolute Gasteiger partial charge is 0.477 e. The second-order valence-electron chi connectivity index (χ2n) is 9.14. The second kappa shape index (κ2) is 9.84. The van der Waals surface area contributed by atoms with Crippen molar-refractivity contribution in [1.29, 1.82) is 0 Å². The topological polar surface area (TPSA) is 55.3 Å². The average molecular weight is 442 g/mol. The lowest BCUT2D eigenvalue weighted by Crippen LogP contribution is -2.31. The van der Waals surface area contributed by atoms with Crippen molar-refractivity contribution in [1.82, 2.24) is 14.9 Å². The summed E-state index contributed by atoms with van der Waals surface area (Å²) in [6, 6.07) is 16.2. The van der Waals surface area contributed by atoms with Crippen molar-refractivity contribution in [3.05, 3.63) is 76.7 Å². The monoisotopic (exact) mass is 441 g/mol. The predicted molar refractivity (Wildman–Crippen MR) is 130 cm³/mol. The first kappa shape index (κ1) is 21.8. The Kier molecular flexibility index (Phi) is 6.49. The van der Waals surface area contributed by atoms with Gasteiger partial charge in [0.05, 0.1) is 17.9 Å². The van der Waals surface area contributed by atoms with Crippen molar-refractivity contribution >= 4 is 5.78 Å². The highest BCUT2D eigenvalue weighted by Crippen LogP contribution is 2.41. The number of benzene rings is 2. The fraction of sp³-hybridized carbons (Fsp3) is 0.393. The molecule has 1 saturated heterocycles. The number of rotatable bonds is 8. The molecule has 0 spiro atoms. The normalized spacial score (nSPS) is 15.2. The zero-order chi connectivity index (χ0) is 22.6. The van der Waals surface area contributed by atoms with Crippen LogP contribution in [0.4, 0.5) is 0 Å². The van der Waals surface area contributed by atoms with Gasteiger partial charge in [-0.2, -0.15) is 4.98 Å². The molecule has 33 heavy (non-hydrogen) atoms. The molecule has 2 aliphatic rings. The van der Waals surface area contributed by atoms with E-state index in [0.717, 1.165) is 46.7 Å². The van der Waals surface area contributed by atoms with Gasteiger partial charge in [0.1, 0.15) is 5.82 Å². The predicted octanol–water partition coefficient (Wildman–Crippen LogP) is 5.10. The minimum atomic E-state index is 0.0822. The number of hydrogen-bond donors (Lipinski definition) is 0. The maximum atomic E-state index is 11.9. The van der Waals surface area contributed by atoms with Crippen molar-refractivity contribution in [3.8, 4) is 17.0 Å². The van der Waals surface area contributed by atoms with E-state index >= 15 is 0 Å². The average Bonchev–Trinajstić information content (AvgIpc) is 3.20. The minimum Gasteiger partial charge on any atom is -0.477 e. The van der Waals surface area contributed by atoms with Crippen molar-refractivity contribution in [2.24, 2.45) is 0 Å². The van der Waals surface area contributed by atoms with Crippen molar-refractivity contribution in [2.75, 3.05) is 26.2 Å². The SMILES string of the molecule is CC(=O)c1ccc2c(c1)Cc1nc(Cc3ccccc3)nc(OCCCN3CCCCC3)c1-2. The molecule has 1 aliphatic carbocycles. The third-order valence-corrected chi connectivity index (χ3v) is 6.65. The third-order valence-electron chi connectivity index (χ3n) is 6.65. The quantitative estimate of drug-likeness (QED) is 0.281. The maximum absolute atomic E-state index is 11.9. The van der Waals surface area contributed by atoms with Crippen LogP contribution >= 0.6 is 0 Å². The first-order valence-electron chi connectivity index (χ1n) is 12.1. The van der Waals surface area contributed by atoms with Crippen molar-refractivity contribution in [3.63, 3.8) is 0 Å². The molecule has 5 heteroatoms. The van der Waals surface area contributed by atoms with Crippen LogP contribution in [0.5, 0.6) is 5.88 Å². The van der Waals surface area contributed by atoms with Gasteiger partial charge in [0.25, 0.3) is 0 Å². The van der Waals surface area contributed by atoms with Gasteiger partial charge in [0.2, 0.25) is 5.88 Å². The molecular formula is C28H31N3O2. The number of carbonyl (C=O) groups excluding carboxylic acids is 1. The molecule has 1 fully saturated rings. The molecule has 5 nitrogen and oxygen atoms in total. The number of Topliss-reactive ketones (excluding diaryl/α,β-unsaturated/α-hetero) is 1. The molecule has 2 heterocycles. The third kappa shape index (κ3) is 4.98. The van der Waals surface area contributed by atoms with Gasteiger partial charge in [-0.15, -0.1) is 0 Å². The summed E-state index contributed by atoms with van der Waals surface area (Å²) in [5.41, 5.74) is 6.13. The summed E-state index contributed by atoms with van der Waals surface area (Å²) in [6.07, 6.45) is 6.34. The summed E-state index contributed by atoms with van der Waals surface area (Å²) in [6.45, 7) is 5.73. The van der Waals surface area contributed by atoms with Crippen LogP contribution < -0.4 is 4.74 Å². The molecule has 0 N–H and O–H groups in total. The Morgan fingerprint density at radius 3 is 2.64 bits per heavy atom. The van der Waals surface area contributed by atoms with Crippen LogP contribution in [0.1, 0.15) is 65.6 Å². The number of carbonyl (C=O) groups is 1. The lowest BCUT2D eigenvalue weighted by molar-refractivity contribution is 0.101. The Morgan fingerprint density at radius 2 is 1.85 bits per heavy atom. The number of ketones is 1. The lowest BCUT2D eigenvalue weighted by Gasteiger charge is -2.26. The van der Waals surface area contributed by atoms with Crippen LogP contribution in [0, 0.1) is 0 Å². The van der Waals surface area contributed by atoms with E-state index in [1.165, 1.54) is 37.9 Å². The van der Waals surface area contributed by atoms with Crippen molar-refractivity contribution in [2.45, 2.75) is 45.4 Å². The molecule has 0 atom stereocenters. The summed E-state index contributed by atoms with van der Waals surface area (Å²) in [7, 11) is 0. The number of nitrogens with zero attached hydrogens (tertiary/aromatic N) is 3. The summed E-state index contributed by atoms with van der Waals surface area (Å²) in [5, 5.41) is 0. The summed E-state index contributed by atoms with van der Waals surface area (Å²) >= 11 is 0. The van der Waals surface area contributed by atoms with Crippen LogP contribution in [0.15, 0.2) is 48.5 Å². The number of likely N-dealkylation sites (tertiary alicyclic amines) is 1. The molecule has 0 saturated carbocycles. The van der Waals surface area contributed by atoms with E-state index in [1.807, 2.05) is 36.4 Å². The summed E-state index contributed by atoms with van der Waals surface area (Å²) in [5.74, 6) is 1.54. The van der Waals surface area contributed by atoms with Gasteiger partial charge >= 0.3 is 0 Å². The molecule has 2 aromatic carbocycles. The highest BCUT2D eigenvalue weighted by atomic mass is 16.5. The second-order valence-corrected chi connectivity index (χ2v) is 9.14. The van der Waals surface area contributed by atoms with E-state index in [0.29, 0.717) is 25.3 Å². The molecule has 3 aromatic rings. The van der Waals surface area contributed by atoms with E-state index in [2.05, 4.69) is 17.0 Å². The molecule has 0 radical (unpaired) electrons. The highest BCUT2D eigenvalue weighted by molar-refractivity contribution is 5.95. The first-order chi connectivity index (χ1) is 16.2. The smallest absolute Gasteiger partial charge is 0.225 e. The number of hydrogen-bond acceptors (Lipinski definition) is 5. The van der Waals surface area contributed by atoms with E-state index in [1.54, 1.807) is 6.92 Å². The Morgan fingerprint density at radius 1 is 1.03 bits per heavy atom. The fourth-order valence-corrected chi connectivity index (χ4v) is 4.92. The maximum Gasteiger partial charge on any atom is 0.225 e. The van der Waals surface area contributed by atoms with E-state index in [4.69, 9.17) is 14.7 Å². The molecule has 0 bridgehead atoms. The van der Waals surface area contributed by atoms with E-state index < -0.39 is 0 Å². The van der Waals surface area contributed by atoms with E-state index in [-0.39, 0.29) is 5.78 Å². The molecule has 0 unspecified atom stereocenters. The van der Waals surface area contributed by atoms with Crippen LogP contribution in [0.2, 0.25) is 0 Å². The summed E-state index contributed by atoms with van der Waals surface area (Å²) < 4.78 is 6.31. The molecule has 170 valence electrons. The van der Waals surface area contributed by atoms with E-state index in [9.17, 15) is 4.79 Å². The Labute approximate surface area is 195 Å². The standard InChI is InChI=1S/C28H31N3O2/c1-20(32)22-11-12-24-23(18-22)19-25-27(24)28(33-16-8-15-31-13-6-3-7-14-31)30-26(29-25)17-21-9-4-2-5-10-21/h2,4-5,9-12,18H,3,6-8,13-17,19H2,1H3. The van der Waals surface area contributed by atoms with Crippen molar-refractivity contribution < 1.29 is 9.53 Å². The van der Waals surface area contributed by atoms with Crippen LogP contribution in [0.3, 0.4) is 0 Å².